The van der Waals surface area contributed by atoms with Crippen LogP contribution >= 0.6 is 0 Å². The van der Waals surface area contributed by atoms with Gasteiger partial charge in [-0.3, -0.25) is 9.69 Å². The van der Waals surface area contributed by atoms with Gasteiger partial charge in [-0.05, 0) is 70.4 Å². The zero-order valence-electron chi connectivity index (χ0n) is 18.2. The van der Waals surface area contributed by atoms with Gasteiger partial charge in [0.2, 0.25) is 5.91 Å². The Morgan fingerprint density at radius 1 is 1.20 bits per heavy atom. The second-order valence-corrected chi connectivity index (χ2v) is 10.8. The third kappa shape index (κ3) is 3.33. The first-order valence-electron chi connectivity index (χ1n) is 12.2. The van der Waals surface area contributed by atoms with Gasteiger partial charge in [0.25, 0.3) is 0 Å². The fourth-order valence-electron chi connectivity index (χ4n) is 7.04. The average molecular weight is 414 g/mol. The fraction of sp³-hybridized carbons (Fsp3) is 0.870. The Kier molecular flexibility index (Phi) is 4.59. The quantitative estimate of drug-likeness (QED) is 0.818. The maximum atomic E-state index is 12.3. The maximum absolute atomic E-state index is 12.3. The number of piperidine rings is 2. The molecule has 6 aliphatic rings. The van der Waals surface area contributed by atoms with Crippen LogP contribution in [0.5, 0.6) is 0 Å². The number of amides is 1. The van der Waals surface area contributed by atoms with Gasteiger partial charge in [0.05, 0.1) is 0 Å². The first-order chi connectivity index (χ1) is 14.6. The van der Waals surface area contributed by atoms with Gasteiger partial charge in [0.15, 0.2) is 5.82 Å². The van der Waals surface area contributed by atoms with Crippen molar-refractivity contribution in [1.29, 1.82) is 0 Å². The molecule has 4 atom stereocenters. The highest BCUT2D eigenvalue weighted by Gasteiger charge is 2.51. The Hall–Kier alpha value is -1.63. The summed E-state index contributed by atoms with van der Waals surface area (Å²) >= 11 is 0. The van der Waals surface area contributed by atoms with Crippen LogP contribution in [-0.4, -0.2) is 58.7 Å². The number of fused-ring (bicyclic) bond motifs is 4. The number of hydrogen-bond donors (Lipinski definition) is 1. The molecule has 30 heavy (non-hydrogen) atoms. The van der Waals surface area contributed by atoms with E-state index in [0.29, 0.717) is 30.0 Å². The predicted octanol–water partition coefficient (Wildman–Crippen LogP) is 2.90. The number of likely N-dealkylation sites (tertiary alicyclic amines) is 1. The van der Waals surface area contributed by atoms with E-state index in [9.17, 15) is 4.79 Å². The smallest absolute Gasteiger partial charge is 0.324 e. The number of carbonyl (C=O) groups excluding carboxylic acids is 1. The number of hydrogen-bond acceptors (Lipinski definition) is 6. The summed E-state index contributed by atoms with van der Waals surface area (Å²) in [5, 5.41) is 7.38. The number of carbonyl (C=O) groups is 1. The zero-order chi connectivity index (χ0) is 20.3. The standard InChI is InChI=1S/C23H35N5O2/c1-15-24-22(30-26-15)28-14-17-3-2-4-18(28)12-19(17)27-9-7-23(8-10-27)13-21(29)25-20(23)11-16-5-6-16/h16-20H,2-14H2,1H3,(H,25,29). The van der Waals surface area contributed by atoms with Gasteiger partial charge < -0.3 is 14.7 Å². The lowest BCUT2D eigenvalue weighted by Gasteiger charge is -2.50. The Labute approximate surface area is 178 Å². The maximum Gasteiger partial charge on any atom is 0.324 e. The van der Waals surface area contributed by atoms with E-state index in [-0.39, 0.29) is 5.41 Å². The van der Waals surface area contributed by atoms with E-state index in [1.54, 1.807) is 0 Å². The third-order valence-corrected chi connectivity index (χ3v) is 8.92. The van der Waals surface area contributed by atoms with Crippen LogP contribution in [-0.2, 0) is 4.79 Å². The number of aryl methyl sites for hydroxylation is 1. The van der Waals surface area contributed by atoms with Crippen LogP contribution < -0.4 is 10.2 Å². The molecule has 1 aromatic heterocycles. The topological polar surface area (TPSA) is 74.5 Å². The van der Waals surface area contributed by atoms with Gasteiger partial charge in [-0.15, -0.1) is 0 Å². The molecule has 5 heterocycles. The molecule has 6 fully saturated rings. The number of nitrogens with zero attached hydrogens (tertiary/aromatic N) is 4. The molecule has 164 valence electrons. The second kappa shape index (κ2) is 7.21. The van der Waals surface area contributed by atoms with E-state index < -0.39 is 0 Å². The molecular formula is C23H35N5O2. The summed E-state index contributed by atoms with van der Waals surface area (Å²) in [5.74, 6) is 2.58. The van der Waals surface area contributed by atoms with Crippen LogP contribution in [0.25, 0.3) is 0 Å². The average Bonchev–Trinajstić information content (AvgIpc) is 3.46. The molecule has 0 radical (unpaired) electrons. The molecule has 2 bridgehead atoms. The number of nitrogens with one attached hydrogen (secondary N) is 1. The summed E-state index contributed by atoms with van der Waals surface area (Å²) in [6.07, 6.45) is 12.1. The zero-order valence-corrected chi connectivity index (χ0v) is 18.2. The summed E-state index contributed by atoms with van der Waals surface area (Å²) < 4.78 is 5.53. The molecule has 4 aliphatic heterocycles. The molecule has 1 spiro atoms. The molecule has 2 aliphatic carbocycles. The van der Waals surface area contributed by atoms with Crippen molar-refractivity contribution in [1.82, 2.24) is 20.4 Å². The van der Waals surface area contributed by atoms with Crippen molar-refractivity contribution in [2.75, 3.05) is 24.5 Å². The van der Waals surface area contributed by atoms with Crippen molar-refractivity contribution in [3.8, 4) is 0 Å². The van der Waals surface area contributed by atoms with Crippen LogP contribution in [0.2, 0.25) is 0 Å². The molecule has 7 rings (SSSR count). The highest BCUT2D eigenvalue weighted by molar-refractivity contribution is 5.80. The van der Waals surface area contributed by atoms with E-state index in [0.717, 1.165) is 43.8 Å². The monoisotopic (exact) mass is 413 g/mol. The number of rotatable bonds is 4. The number of aromatic nitrogens is 2. The van der Waals surface area contributed by atoms with Gasteiger partial charge in [-0.2, -0.15) is 4.98 Å². The van der Waals surface area contributed by atoms with Crippen molar-refractivity contribution in [2.24, 2.45) is 17.3 Å². The molecule has 7 heteroatoms. The minimum absolute atomic E-state index is 0.229. The molecule has 1 amide bonds. The number of anilines is 1. The lowest BCUT2D eigenvalue weighted by atomic mass is 9.70. The molecule has 4 saturated heterocycles. The second-order valence-electron chi connectivity index (χ2n) is 10.8. The predicted molar refractivity (Wildman–Crippen MR) is 113 cm³/mol. The summed E-state index contributed by atoms with van der Waals surface area (Å²) in [7, 11) is 0. The highest BCUT2D eigenvalue weighted by Crippen LogP contribution is 2.48. The summed E-state index contributed by atoms with van der Waals surface area (Å²) in [6.45, 7) is 5.25. The Morgan fingerprint density at radius 3 is 2.77 bits per heavy atom. The Bertz CT molecular complexity index is 797. The summed E-state index contributed by atoms with van der Waals surface area (Å²) in [4.78, 5) is 22.0. The van der Waals surface area contributed by atoms with Crippen molar-refractivity contribution in [3.05, 3.63) is 5.82 Å². The largest absolute Gasteiger partial charge is 0.353 e. The first kappa shape index (κ1) is 19.1. The van der Waals surface area contributed by atoms with Crippen molar-refractivity contribution < 1.29 is 9.32 Å². The molecular weight excluding hydrogens is 378 g/mol. The van der Waals surface area contributed by atoms with Gasteiger partial charge >= 0.3 is 6.01 Å². The van der Waals surface area contributed by atoms with Gasteiger partial charge in [0, 0.05) is 36.5 Å². The van der Waals surface area contributed by atoms with Gasteiger partial charge in [-0.1, -0.05) is 24.4 Å². The van der Waals surface area contributed by atoms with E-state index in [1.807, 2.05) is 6.92 Å². The van der Waals surface area contributed by atoms with Crippen LogP contribution in [0.15, 0.2) is 4.52 Å². The Morgan fingerprint density at radius 2 is 2.03 bits per heavy atom. The van der Waals surface area contributed by atoms with Crippen LogP contribution in [0.4, 0.5) is 6.01 Å². The summed E-state index contributed by atoms with van der Waals surface area (Å²) in [5.41, 5.74) is 0.229. The van der Waals surface area contributed by atoms with Crippen molar-refractivity contribution in [2.45, 2.75) is 89.3 Å². The van der Waals surface area contributed by atoms with Crippen molar-refractivity contribution >= 4 is 11.9 Å². The molecule has 7 nitrogen and oxygen atoms in total. The van der Waals surface area contributed by atoms with Gasteiger partial charge in [0.1, 0.15) is 0 Å². The third-order valence-electron chi connectivity index (χ3n) is 8.92. The molecule has 1 N–H and O–H groups in total. The van der Waals surface area contributed by atoms with Crippen LogP contribution in [0.1, 0.15) is 70.0 Å². The highest BCUT2D eigenvalue weighted by atomic mass is 16.5. The normalized spacial score (nSPS) is 36.3. The van der Waals surface area contributed by atoms with E-state index >= 15 is 0 Å². The van der Waals surface area contributed by atoms with Crippen molar-refractivity contribution in [3.63, 3.8) is 0 Å². The molecule has 2 saturated carbocycles. The lowest BCUT2D eigenvalue weighted by molar-refractivity contribution is -0.120. The Balaban J connectivity index is 1.14. The van der Waals surface area contributed by atoms with E-state index in [1.165, 1.54) is 57.8 Å². The lowest BCUT2D eigenvalue weighted by Crippen LogP contribution is -2.57. The minimum atomic E-state index is 0.229. The van der Waals surface area contributed by atoms with Gasteiger partial charge in [-0.25, -0.2) is 0 Å². The van der Waals surface area contributed by atoms with Crippen LogP contribution in [0.3, 0.4) is 0 Å². The first-order valence-corrected chi connectivity index (χ1v) is 12.2. The molecule has 1 aromatic rings. The SMILES string of the molecule is Cc1noc(N2CC3CCCC2CC3N2CCC3(CC2)CC(=O)NC3CC2CC2)n1. The summed E-state index contributed by atoms with van der Waals surface area (Å²) in [6, 6.07) is 2.34. The van der Waals surface area contributed by atoms with Crippen LogP contribution in [0, 0.1) is 24.2 Å². The minimum Gasteiger partial charge on any atom is -0.353 e. The molecule has 4 unspecified atom stereocenters. The van der Waals surface area contributed by atoms with E-state index in [4.69, 9.17) is 4.52 Å². The molecule has 0 aromatic carbocycles. The van der Waals surface area contributed by atoms with E-state index in [2.05, 4.69) is 25.3 Å². The fourth-order valence-corrected chi connectivity index (χ4v) is 7.04.